The van der Waals surface area contributed by atoms with Crippen molar-refractivity contribution in [3.8, 4) is 0 Å². The molecule has 0 fully saturated rings. The molecule has 0 saturated heterocycles. The molecule has 0 N–H and O–H groups in total. The molecule has 2 rings (SSSR count). The average molecular weight is 372 g/mol. The summed E-state index contributed by atoms with van der Waals surface area (Å²) in [5, 5.41) is 0. The van der Waals surface area contributed by atoms with Gasteiger partial charge in [-0.15, -0.1) is 6.58 Å². The standard InChI is InChI=1S/C22H29NO2S/c1-8-13-23(20-12-10-9-11-19(20)22(5,6)7)26(24,25)21-17(3)14-16(2)15-18(21)4/h8-12,14-15H,1,13H2,2-7H3. The molecule has 4 heteroatoms. The number of anilines is 1. The summed E-state index contributed by atoms with van der Waals surface area (Å²) in [7, 11) is -3.72. The zero-order valence-corrected chi connectivity index (χ0v) is 17.4. The van der Waals surface area contributed by atoms with E-state index in [4.69, 9.17) is 0 Å². The first-order chi connectivity index (χ1) is 12.0. The van der Waals surface area contributed by atoms with Crippen LogP contribution in [0.3, 0.4) is 0 Å². The average Bonchev–Trinajstić information content (AvgIpc) is 2.50. The van der Waals surface area contributed by atoms with Crippen LogP contribution in [0, 0.1) is 20.8 Å². The Morgan fingerprint density at radius 1 is 1.04 bits per heavy atom. The number of rotatable bonds is 5. The van der Waals surface area contributed by atoms with Gasteiger partial charge in [-0.05, 0) is 48.9 Å². The van der Waals surface area contributed by atoms with Crippen molar-refractivity contribution >= 4 is 15.7 Å². The fourth-order valence-electron chi connectivity index (χ4n) is 3.45. The van der Waals surface area contributed by atoms with Crippen LogP contribution in [0.15, 0.2) is 53.9 Å². The van der Waals surface area contributed by atoms with Gasteiger partial charge in [0.25, 0.3) is 10.0 Å². The maximum atomic E-state index is 13.6. The highest BCUT2D eigenvalue weighted by Crippen LogP contribution is 2.36. The molecule has 2 aromatic rings. The molecule has 0 aliphatic carbocycles. The van der Waals surface area contributed by atoms with E-state index >= 15 is 0 Å². The summed E-state index contributed by atoms with van der Waals surface area (Å²) in [6, 6.07) is 11.5. The van der Waals surface area contributed by atoms with Gasteiger partial charge >= 0.3 is 0 Å². The largest absolute Gasteiger partial charge is 0.265 e. The Balaban J connectivity index is 2.75. The van der Waals surface area contributed by atoms with Gasteiger partial charge in [-0.2, -0.15) is 0 Å². The lowest BCUT2D eigenvalue weighted by molar-refractivity contribution is 0.582. The molecule has 26 heavy (non-hydrogen) atoms. The second-order valence-electron chi connectivity index (χ2n) is 7.82. The van der Waals surface area contributed by atoms with Gasteiger partial charge in [-0.1, -0.05) is 62.7 Å². The highest BCUT2D eigenvalue weighted by molar-refractivity contribution is 7.93. The SMILES string of the molecule is C=CCN(c1ccccc1C(C)(C)C)S(=O)(=O)c1c(C)cc(C)cc1C. The Kier molecular flexibility index (Phi) is 5.67. The molecule has 2 aromatic carbocycles. The second kappa shape index (κ2) is 7.28. The van der Waals surface area contributed by atoms with Crippen molar-refractivity contribution in [2.75, 3.05) is 10.8 Å². The first-order valence-electron chi connectivity index (χ1n) is 8.81. The van der Waals surface area contributed by atoms with Crippen molar-refractivity contribution in [2.45, 2.75) is 51.9 Å². The highest BCUT2D eigenvalue weighted by atomic mass is 32.2. The zero-order valence-electron chi connectivity index (χ0n) is 16.6. The number of benzene rings is 2. The van der Waals surface area contributed by atoms with Crippen LogP contribution in [0.25, 0.3) is 0 Å². The third-order valence-electron chi connectivity index (χ3n) is 4.43. The van der Waals surface area contributed by atoms with Crippen molar-refractivity contribution in [2.24, 2.45) is 0 Å². The van der Waals surface area contributed by atoms with Crippen molar-refractivity contribution in [1.82, 2.24) is 0 Å². The van der Waals surface area contributed by atoms with Crippen molar-refractivity contribution in [3.05, 3.63) is 71.3 Å². The van der Waals surface area contributed by atoms with E-state index in [0.29, 0.717) is 10.6 Å². The topological polar surface area (TPSA) is 37.4 Å². The molecule has 0 aliphatic rings. The highest BCUT2D eigenvalue weighted by Gasteiger charge is 2.31. The summed E-state index contributed by atoms with van der Waals surface area (Å²) in [4.78, 5) is 0.383. The van der Waals surface area contributed by atoms with E-state index in [1.807, 2.05) is 57.2 Å². The summed E-state index contributed by atoms with van der Waals surface area (Å²) in [5.41, 5.74) is 4.12. The van der Waals surface area contributed by atoms with Crippen LogP contribution < -0.4 is 4.31 Å². The smallest absolute Gasteiger partial charge is 0.262 e. The number of nitrogens with zero attached hydrogens (tertiary/aromatic N) is 1. The second-order valence-corrected chi connectivity index (χ2v) is 9.62. The lowest BCUT2D eigenvalue weighted by atomic mass is 9.86. The summed E-state index contributed by atoms with van der Waals surface area (Å²) < 4.78 is 28.7. The summed E-state index contributed by atoms with van der Waals surface area (Å²) in [5.74, 6) is 0. The third kappa shape index (κ3) is 3.85. The van der Waals surface area contributed by atoms with Gasteiger partial charge < -0.3 is 0 Å². The summed E-state index contributed by atoms with van der Waals surface area (Å²) >= 11 is 0. The monoisotopic (exact) mass is 371 g/mol. The number of para-hydroxylation sites is 1. The van der Waals surface area contributed by atoms with Crippen LogP contribution in [0.2, 0.25) is 0 Å². The Labute approximate surface area is 158 Å². The first kappa shape index (κ1) is 20.2. The first-order valence-corrected chi connectivity index (χ1v) is 10.2. The lowest BCUT2D eigenvalue weighted by Gasteiger charge is -2.31. The maximum Gasteiger partial charge on any atom is 0.265 e. The van der Waals surface area contributed by atoms with Crippen LogP contribution >= 0.6 is 0 Å². The Morgan fingerprint density at radius 3 is 2.08 bits per heavy atom. The molecule has 0 spiro atoms. The van der Waals surface area contributed by atoms with Crippen LogP contribution in [-0.2, 0) is 15.4 Å². The Hall–Kier alpha value is -2.07. The number of aryl methyl sites for hydroxylation is 3. The van der Waals surface area contributed by atoms with Gasteiger partial charge in [0.2, 0.25) is 0 Å². The van der Waals surface area contributed by atoms with E-state index in [-0.39, 0.29) is 12.0 Å². The molecular formula is C22H29NO2S. The van der Waals surface area contributed by atoms with Crippen molar-refractivity contribution < 1.29 is 8.42 Å². The predicted octanol–water partition coefficient (Wildman–Crippen LogP) is 5.29. The number of sulfonamides is 1. The van der Waals surface area contributed by atoms with E-state index in [0.717, 1.165) is 22.3 Å². The molecular weight excluding hydrogens is 342 g/mol. The van der Waals surface area contributed by atoms with E-state index in [2.05, 4.69) is 27.4 Å². The fraction of sp³-hybridized carbons (Fsp3) is 0.364. The molecule has 0 radical (unpaired) electrons. The van der Waals surface area contributed by atoms with Gasteiger partial charge in [0.15, 0.2) is 0 Å². The van der Waals surface area contributed by atoms with Gasteiger partial charge in [0.05, 0.1) is 17.1 Å². The van der Waals surface area contributed by atoms with Crippen molar-refractivity contribution in [3.63, 3.8) is 0 Å². The van der Waals surface area contributed by atoms with E-state index in [9.17, 15) is 8.42 Å². The molecule has 140 valence electrons. The Morgan fingerprint density at radius 2 is 1.58 bits per heavy atom. The number of hydrogen-bond donors (Lipinski definition) is 0. The quantitative estimate of drug-likeness (QED) is 0.670. The van der Waals surface area contributed by atoms with E-state index in [1.165, 1.54) is 4.31 Å². The molecule has 0 unspecified atom stereocenters. The Bertz CT molecular complexity index is 898. The van der Waals surface area contributed by atoms with Gasteiger partial charge in [0.1, 0.15) is 0 Å². The minimum Gasteiger partial charge on any atom is -0.262 e. The van der Waals surface area contributed by atoms with Gasteiger partial charge in [-0.25, -0.2) is 8.42 Å². The molecule has 0 saturated carbocycles. The predicted molar refractivity (Wildman–Crippen MR) is 111 cm³/mol. The van der Waals surface area contributed by atoms with Crippen LogP contribution in [-0.4, -0.2) is 15.0 Å². The fourth-order valence-corrected chi connectivity index (χ4v) is 5.32. The number of hydrogen-bond acceptors (Lipinski definition) is 2. The third-order valence-corrected chi connectivity index (χ3v) is 6.51. The lowest BCUT2D eigenvalue weighted by Crippen LogP contribution is -2.34. The molecule has 0 heterocycles. The zero-order chi connectivity index (χ0) is 19.7. The van der Waals surface area contributed by atoms with Gasteiger partial charge in [0, 0.05) is 0 Å². The van der Waals surface area contributed by atoms with Gasteiger partial charge in [-0.3, -0.25) is 4.31 Å². The van der Waals surface area contributed by atoms with E-state index < -0.39 is 10.0 Å². The molecule has 3 nitrogen and oxygen atoms in total. The molecule has 0 aromatic heterocycles. The van der Waals surface area contributed by atoms with Crippen LogP contribution in [0.4, 0.5) is 5.69 Å². The van der Waals surface area contributed by atoms with Crippen LogP contribution in [0.5, 0.6) is 0 Å². The maximum absolute atomic E-state index is 13.6. The normalized spacial score (nSPS) is 12.1. The summed E-state index contributed by atoms with van der Waals surface area (Å²) in [6.07, 6.45) is 1.63. The minimum atomic E-state index is -3.72. The molecule has 0 amide bonds. The van der Waals surface area contributed by atoms with Crippen molar-refractivity contribution in [1.29, 1.82) is 0 Å². The van der Waals surface area contributed by atoms with E-state index in [1.54, 1.807) is 6.08 Å². The van der Waals surface area contributed by atoms with Crippen LogP contribution in [0.1, 0.15) is 43.0 Å². The minimum absolute atomic E-state index is 0.178. The molecule has 0 atom stereocenters. The molecule has 0 aliphatic heterocycles. The summed E-state index contributed by atoms with van der Waals surface area (Å²) in [6.45, 7) is 16.0. The molecule has 0 bridgehead atoms.